The Kier molecular flexibility index (Phi) is 4.41. The fraction of sp³-hybridized carbons (Fsp3) is 0.286. The van der Waals surface area contributed by atoms with Crippen LogP contribution in [0.3, 0.4) is 0 Å². The molecule has 1 atom stereocenters. The fourth-order valence-corrected chi connectivity index (χ4v) is 1.54. The summed E-state index contributed by atoms with van der Waals surface area (Å²) in [6.07, 6.45) is 4.23. The van der Waals surface area contributed by atoms with Crippen molar-refractivity contribution in [1.29, 1.82) is 0 Å². The molecule has 0 fully saturated rings. The van der Waals surface area contributed by atoms with Crippen molar-refractivity contribution in [3.05, 3.63) is 47.4 Å². The highest BCUT2D eigenvalue weighted by atomic mass is 19.1. The summed E-state index contributed by atoms with van der Waals surface area (Å²) < 4.78 is 17.8. The maximum atomic E-state index is 12.7. The highest BCUT2D eigenvalue weighted by Gasteiger charge is 2.07. The highest BCUT2D eigenvalue weighted by Crippen LogP contribution is 2.08. The Bertz CT molecular complexity index is 548. The molecule has 0 radical (unpaired) electrons. The molecule has 0 bridgehead atoms. The summed E-state index contributed by atoms with van der Waals surface area (Å²) in [5.41, 5.74) is 0.879. The van der Waals surface area contributed by atoms with E-state index in [1.165, 1.54) is 12.1 Å². The molecule has 0 aliphatic rings. The molecular weight excluding hydrogens is 245 g/mol. The molecular formula is C14H16FN3O. The molecule has 5 heteroatoms. The van der Waals surface area contributed by atoms with Crippen molar-refractivity contribution in [3.63, 3.8) is 0 Å². The van der Waals surface area contributed by atoms with E-state index in [1.54, 1.807) is 24.3 Å². The van der Waals surface area contributed by atoms with Crippen LogP contribution in [0.1, 0.15) is 24.2 Å². The van der Waals surface area contributed by atoms with Gasteiger partial charge in [-0.15, -0.1) is 0 Å². The summed E-state index contributed by atoms with van der Waals surface area (Å²) in [5.74, 6) is 0.863. The van der Waals surface area contributed by atoms with Crippen molar-refractivity contribution in [2.75, 3.05) is 7.05 Å². The Balaban J connectivity index is 2.01. The molecule has 1 unspecified atom stereocenters. The molecule has 0 saturated heterocycles. The van der Waals surface area contributed by atoms with E-state index < -0.39 is 0 Å². The molecule has 0 amide bonds. The van der Waals surface area contributed by atoms with Crippen LogP contribution < -0.4 is 5.32 Å². The van der Waals surface area contributed by atoms with Crippen LogP contribution in [-0.4, -0.2) is 23.2 Å². The zero-order valence-corrected chi connectivity index (χ0v) is 10.9. The zero-order chi connectivity index (χ0) is 13.7. The van der Waals surface area contributed by atoms with E-state index in [-0.39, 0.29) is 5.82 Å². The van der Waals surface area contributed by atoms with E-state index in [9.17, 15) is 4.39 Å². The van der Waals surface area contributed by atoms with E-state index >= 15 is 0 Å². The highest BCUT2D eigenvalue weighted by molar-refractivity contribution is 5.65. The van der Waals surface area contributed by atoms with E-state index in [0.717, 1.165) is 5.56 Å². The molecule has 0 spiro atoms. The largest absolute Gasteiger partial charge is 0.335 e. The Morgan fingerprint density at radius 3 is 2.74 bits per heavy atom. The molecule has 1 aromatic carbocycles. The van der Waals surface area contributed by atoms with Gasteiger partial charge in [-0.2, -0.15) is 4.98 Å². The third kappa shape index (κ3) is 3.99. The van der Waals surface area contributed by atoms with E-state index in [4.69, 9.17) is 4.52 Å². The lowest BCUT2D eigenvalue weighted by Crippen LogP contribution is -2.24. The van der Waals surface area contributed by atoms with Crippen LogP contribution in [0.25, 0.3) is 12.2 Å². The van der Waals surface area contributed by atoms with E-state index in [1.807, 2.05) is 14.0 Å². The molecule has 4 nitrogen and oxygen atoms in total. The maximum Gasteiger partial charge on any atom is 0.250 e. The summed E-state index contributed by atoms with van der Waals surface area (Å²) >= 11 is 0. The van der Waals surface area contributed by atoms with Gasteiger partial charge in [0.05, 0.1) is 0 Å². The number of hydrogen-bond donors (Lipinski definition) is 1. The summed E-state index contributed by atoms with van der Waals surface area (Å²) in [7, 11) is 1.89. The number of rotatable bonds is 5. The second-order valence-electron chi connectivity index (χ2n) is 4.33. The van der Waals surface area contributed by atoms with Gasteiger partial charge < -0.3 is 9.84 Å². The Hall–Kier alpha value is -2.01. The standard InChI is InChI=1S/C14H16FN3O/c1-10(16-2)9-13-17-14(19-18-13)8-5-11-3-6-12(15)7-4-11/h3-8,10,16H,9H2,1-2H3/b8-5+. The summed E-state index contributed by atoms with van der Waals surface area (Å²) in [6, 6.07) is 6.49. The number of halogens is 1. The van der Waals surface area contributed by atoms with Crippen LogP contribution in [0.5, 0.6) is 0 Å². The molecule has 100 valence electrons. The minimum absolute atomic E-state index is 0.252. The van der Waals surface area contributed by atoms with Gasteiger partial charge in [0.2, 0.25) is 0 Å². The first-order chi connectivity index (χ1) is 9.17. The van der Waals surface area contributed by atoms with Gasteiger partial charge in [-0.3, -0.25) is 0 Å². The number of nitrogens with one attached hydrogen (secondary N) is 1. The number of nitrogens with zero attached hydrogens (tertiary/aromatic N) is 2. The first kappa shape index (κ1) is 13.4. The van der Waals surface area contributed by atoms with Gasteiger partial charge in [-0.25, -0.2) is 4.39 Å². The van der Waals surface area contributed by atoms with E-state index in [2.05, 4.69) is 15.5 Å². The normalized spacial score (nSPS) is 13.0. The molecule has 19 heavy (non-hydrogen) atoms. The van der Waals surface area contributed by atoms with Crippen molar-refractivity contribution < 1.29 is 8.91 Å². The average Bonchev–Trinajstić information content (AvgIpc) is 2.85. The Morgan fingerprint density at radius 1 is 1.32 bits per heavy atom. The van der Waals surface area contributed by atoms with Crippen molar-refractivity contribution in [2.24, 2.45) is 0 Å². The molecule has 0 aliphatic carbocycles. The Labute approximate surface area is 111 Å². The lowest BCUT2D eigenvalue weighted by atomic mass is 10.2. The SMILES string of the molecule is CNC(C)Cc1noc(/C=C/c2ccc(F)cc2)n1. The summed E-state index contributed by atoms with van der Waals surface area (Å²) in [5, 5.41) is 7.00. The van der Waals surface area contributed by atoms with Crippen LogP contribution in [0.15, 0.2) is 28.8 Å². The topological polar surface area (TPSA) is 51.0 Å². The summed E-state index contributed by atoms with van der Waals surface area (Å²) in [4.78, 5) is 4.25. The lowest BCUT2D eigenvalue weighted by molar-refractivity contribution is 0.400. The fourth-order valence-electron chi connectivity index (χ4n) is 1.54. The minimum atomic E-state index is -0.252. The van der Waals surface area contributed by atoms with Crippen molar-refractivity contribution in [2.45, 2.75) is 19.4 Å². The third-order valence-electron chi connectivity index (χ3n) is 2.75. The molecule has 2 aromatic rings. The van der Waals surface area contributed by atoms with Crippen LogP contribution in [-0.2, 0) is 6.42 Å². The smallest absolute Gasteiger partial charge is 0.250 e. The monoisotopic (exact) mass is 261 g/mol. The zero-order valence-electron chi connectivity index (χ0n) is 10.9. The van der Waals surface area contributed by atoms with Crippen LogP contribution in [0.4, 0.5) is 4.39 Å². The second-order valence-corrected chi connectivity index (χ2v) is 4.33. The van der Waals surface area contributed by atoms with Crippen molar-refractivity contribution >= 4 is 12.2 Å². The van der Waals surface area contributed by atoms with Gasteiger partial charge in [-0.05, 0) is 37.7 Å². The lowest BCUT2D eigenvalue weighted by Gasteiger charge is -2.04. The predicted molar refractivity (Wildman–Crippen MR) is 71.9 cm³/mol. The van der Waals surface area contributed by atoms with Gasteiger partial charge in [0, 0.05) is 18.5 Å². The van der Waals surface area contributed by atoms with Gasteiger partial charge in [0.15, 0.2) is 5.82 Å². The number of aromatic nitrogens is 2. The summed E-state index contributed by atoms with van der Waals surface area (Å²) in [6.45, 7) is 2.05. The van der Waals surface area contributed by atoms with E-state index in [0.29, 0.717) is 24.2 Å². The molecule has 1 heterocycles. The van der Waals surface area contributed by atoms with Gasteiger partial charge in [0.1, 0.15) is 5.82 Å². The van der Waals surface area contributed by atoms with Crippen LogP contribution in [0, 0.1) is 5.82 Å². The van der Waals surface area contributed by atoms with Crippen LogP contribution in [0.2, 0.25) is 0 Å². The first-order valence-corrected chi connectivity index (χ1v) is 6.11. The number of benzene rings is 1. The van der Waals surface area contributed by atoms with Crippen molar-refractivity contribution in [3.8, 4) is 0 Å². The molecule has 1 N–H and O–H groups in total. The molecule has 0 saturated carbocycles. The van der Waals surface area contributed by atoms with Gasteiger partial charge >= 0.3 is 0 Å². The second kappa shape index (κ2) is 6.24. The van der Waals surface area contributed by atoms with Crippen molar-refractivity contribution in [1.82, 2.24) is 15.5 Å². The molecule has 2 rings (SSSR count). The predicted octanol–water partition coefficient (Wildman–Crippen LogP) is 2.53. The minimum Gasteiger partial charge on any atom is -0.335 e. The Morgan fingerprint density at radius 2 is 2.05 bits per heavy atom. The van der Waals surface area contributed by atoms with Crippen LogP contribution >= 0.6 is 0 Å². The van der Waals surface area contributed by atoms with Gasteiger partial charge in [0.25, 0.3) is 5.89 Å². The molecule has 1 aromatic heterocycles. The average molecular weight is 261 g/mol. The number of likely N-dealkylation sites (N-methyl/N-ethyl adjacent to an activating group) is 1. The third-order valence-corrected chi connectivity index (χ3v) is 2.75. The number of hydrogen-bond acceptors (Lipinski definition) is 4. The van der Waals surface area contributed by atoms with Gasteiger partial charge in [-0.1, -0.05) is 17.3 Å². The molecule has 0 aliphatic heterocycles. The quantitative estimate of drug-likeness (QED) is 0.898. The first-order valence-electron chi connectivity index (χ1n) is 6.11. The maximum absolute atomic E-state index is 12.7.